The molecule has 0 fully saturated rings. The van der Waals surface area contributed by atoms with Crippen LogP contribution in [0.4, 0.5) is 18.9 Å². The van der Waals surface area contributed by atoms with Crippen molar-refractivity contribution in [2.45, 2.75) is 6.18 Å². The van der Waals surface area contributed by atoms with E-state index in [-0.39, 0.29) is 18.2 Å². The van der Waals surface area contributed by atoms with Gasteiger partial charge in [-0.05, 0) is 18.2 Å². The Morgan fingerprint density at radius 2 is 2.00 bits per heavy atom. The van der Waals surface area contributed by atoms with Crippen molar-refractivity contribution in [3.05, 3.63) is 23.8 Å². The fraction of sp³-hybridized carbons (Fsp3) is 0.333. The van der Waals surface area contributed by atoms with E-state index in [0.717, 1.165) is 18.2 Å². The maximum absolute atomic E-state index is 12.2. The molecule has 0 unspecified atom stereocenters. The number of alkyl halides is 3. The summed E-state index contributed by atoms with van der Waals surface area (Å²) < 4.78 is 46.2. The lowest BCUT2D eigenvalue weighted by Crippen LogP contribution is -2.07. The van der Waals surface area contributed by atoms with Crippen LogP contribution in [0.3, 0.4) is 0 Å². The molecule has 6 heteroatoms. The summed E-state index contributed by atoms with van der Waals surface area (Å²) in [6, 6.07) is 2.89. The van der Waals surface area contributed by atoms with Gasteiger partial charge in [0.25, 0.3) is 0 Å². The van der Waals surface area contributed by atoms with E-state index in [9.17, 15) is 13.2 Å². The number of anilines is 1. The van der Waals surface area contributed by atoms with Gasteiger partial charge in [-0.2, -0.15) is 13.2 Å². The molecule has 0 saturated carbocycles. The van der Waals surface area contributed by atoms with Crippen LogP contribution in [0.5, 0.6) is 5.75 Å². The number of hydrogen-bond donors (Lipinski definition) is 1. The van der Waals surface area contributed by atoms with Crippen molar-refractivity contribution in [1.82, 2.24) is 0 Å². The molecule has 15 heavy (non-hydrogen) atoms. The van der Waals surface area contributed by atoms with E-state index >= 15 is 0 Å². The first-order valence-electron chi connectivity index (χ1n) is 4.03. The van der Waals surface area contributed by atoms with Crippen LogP contribution in [0.2, 0.25) is 0 Å². The fourth-order valence-corrected chi connectivity index (χ4v) is 0.979. The minimum Gasteiger partial charge on any atom is -0.465 e. The Balaban J connectivity index is 2.88. The average Bonchev–Trinajstić information content (AvgIpc) is 2.14. The normalized spacial score (nSPS) is 11.5. The summed E-state index contributed by atoms with van der Waals surface area (Å²) in [5.74, 6) is 0.171. The summed E-state index contributed by atoms with van der Waals surface area (Å²) in [4.78, 5) is 0. The van der Waals surface area contributed by atoms with Crippen LogP contribution in [0.15, 0.2) is 18.2 Å². The molecule has 0 atom stereocenters. The largest absolute Gasteiger partial charge is 0.465 e. The maximum Gasteiger partial charge on any atom is 0.416 e. The molecule has 0 saturated heterocycles. The molecule has 0 bridgehead atoms. The Morgan fingerprint density at radius 1 is 1.33 bits per heavy atom. The number of rotatable bonds is 3. The van der Waals surface area contributed by atoms with Gasteiger partial charge in [0.05, 0.1) is 11.3 Å². The van der Waals surface area contributed by atoms with Gasteiger partial charge in [0, 0.05) is 7.11 Å². The molecule has 1 aromatic carbocycles. The quantitative estimate of drug-likeness (QED) is 0.629. The number of methoxy groups -OCH3 is 1. The van der Waals surface area contributed by atoms with Gasteiger partial charge in [-0.1, -0.05) is 0 Å². The first-order chi connectivity index (χ1) is 6.95. The highest BCUT2D eigenvalue weighted by molar-refractivity contribution is 5.54. The van der Waals surface area contributed by atoms with Crippen molar-refractivity contribution >= 4 is 5.69 Å². The van der Waals surface area contributed by atoms with E-state index in [1.807, 2.05) is 0 Å². The summed E-state index contributed by atoms with van der Waals surface area (Å²) in [6.07, 6.45) is -4.39. The highest BCUT2D eigenvalue weighted by Crippen LogP contribution is 2.33. The van der Waals surface area contributed by atoms with Crippen molar-refractivity contribution in [2.75, 3.05) is 19.6 Å². The molecule has 0 aliphatic rings. The second kappa shape index (κ2) is 4.39. The monoisotopic (exact) mass is 221 g/mol. The zero-order chi connectivity index (χ0) is 11.5. The molecular formula is C9H10F3NO2. The molecule has 0 amide bonds. The number of nitrogens with two attached hydrogens (primary N) is 1. The van der Waals surface area contributed by atoms with Crippen molar-refractivity contribution in [2.24, 2.45) is 0 Å². The van der Waals surface area contributed by atoms with Crippen LogP contribution in [0, 0.1) is 0 Å². The van der Waals surface area contributed by atoms with Gasteiger partial charge >= 0.3 is 6.18 Å². The minimum absolute atomic E-state index is 0.0600. The van der Waals surface area contributed by atoms with Gasteiger partial charge in [-0.25, -0.2) is 0 Å². The highest BCUT2D eigenvalue weighted by Gasteiger charge is 2.30. The van der Waals surface area contributed by atoms with Crippen molar-refractivity contribution in [1.29, 1.82) is 0 Å². The zero-order valence-electron chi connectivity index (χ0n) is 7.97. The molecule has 0 aromatic heterocycles. The number of halogens is 3. The summed E-state index contributed by atoms with van der Waals surface area (Å²) in [5, 5.41) is 0. The molecule has 0 aliphatic carbocycles. The van der Waals surface area contributed by atoms with E-state index in [2.05, 4.69) is 4.74 Å². The standard InChI is InChI=1S/C9H10F3NO2/c1-14-5-15-8-3-2-6(4-7(8)13)9(10,11)12/h2-4H,5,13H2,1H3. The first kappa shape index (κ1) is 11.6. The maximum atomic E-state index is 12.2. The van der Waals surface area contributed by atoms with E-state index in [1.54, 1.807) is 0 Å². The lowest BCUT2D eigenvalue weighted by atomic mass is 10.2. The van der Waals surface area contributed by atoms with Gasteiger partial charge in [0.2, 0.25) is 0 Å². The third kappa shape index (κ3) is 3.02. The number of benzene rings is 1. The Kier molecular flexibility index (Phi) is 3.41. The SMILES string of the molecule is COCOc1ccc(C(F)(F)F)cc1N. The summed E-state index contributed by atoms with van der Waals surface area (Å²) >= 11 is 0. The van der Waals surface area contributed by atoms with Crippen molar-refractivity contribution in [3.63, 3.8) is 0 Å². The molecule has 1 aromatic rings. The van der Waals surface area contributed by atoms with Crippen LogP contribution >= 0.6 is 0 Å². The first-order valence-corrected chi connectivity index (χ1v) is 4.03. The van der Waals surface area contributed by atoms with Crippen LogP contribution in [-0.2, 0) is 10.9 Å². The van der Waals surface area contributed by atoms with Crippen LogP contribution in [0.1, 0.15) is 5.56 Å². The van der Waals surface area contributed by atoms with E-state index < -0.39 is 11.7 Å². The smallest absolute Gasteiger partial charge is 0.416 e. The third-order valence-electron chi connectivity index (χ3n) is 1.67. The molecule has 1 rings (SSSR count). The van der Waals surface area contributed by atoms with Crippen LogP contribution in [0.25, 0.3) is 0 Å². The highest BCUT2D eigenvalue weighted by atomic mass is 19.4. The molecule has 0 aliphatic heterocycles. The van der Waals surface area contributed by atoms with E-state index in [4.69, 9.17) is 10.5 Å². The van der Waals surface area contributed by atoms with Crippen LogP contribution < -0.4 is 10.5 Å². The van der Waals surface area contributed by atoms with Crippen molar-refractivity contribution in [3.8, 4) is 5.75 Å². The molecule has 3 nitrogen and oxygen atoms in total. The summed E-state index contributed by atoms with van der Waals surface area (Å²) in [6.45, 7) is -0.0600. The van der Waals surface area contributed by atoms with Gasteiger partial charge in [-0.15, -0.1) is 0 Å². The lowest BCUT2D eigenvalue weighted by molar-refractivity contribution is -0.137. The second-order valence-corrected chi connectivity index (χ2v) is 2.80. The topological polar surface area (TPSA) is 44.5 Å². The minimum atomic E-state index is -4.39. The van der Waals surface area contributed by atoms with Crippen molar-refractivity contribution < 1.29 is 22.6 Å². The lowest BCUT2D eigenvalue weighted by Gasteiger charge is -2.11. The Bertz CT molecular complexity index is 339. The average molecular weight is 221 g/mol. The predicted octanol–water partition coefficient (Wildman–Crippen LogP) is 2.27. The zero-order valence-corrected chi connectivity index (χ0v) is 7.97. The summed E-state index contributed by atoms with van der Waals surface area (Å²) in [5.41, 5.74) is 4.51. The van der Waals surface area contributed by atoms with Gasteiger partial charge in [0.15, 0.2) is 6.79 Å². The predicted molar refractivity (Wildman–Crippen MR) is 48.4 cm³/mol. The van der Waals surface area contributed by atoms with E-state index in [0.29, 0.717) is 0 Å². The Hall–Kier alpha value is -1.43. The fourth-order valence-electron chi connectivity index (χ4n) is 0.979. The molecule has 0 heterocycles. The van der Waals surface area contributed by atoms with E-state index in [1.165, 1.54) is 7.11 Å². The summed E-state index contributed by atoms with van der Waals surface area (Å²) in [7, 11) is 1.40. The number of hydrogen-bond acceptors (Lipinski definition) is 3. The Morgan fingerprint density at radius 3 is 2.47 bits per heavy atom. The molecule has 0 spiro atoms. The van der Waals surface area contributed by atoms with Gasteiger partial charge in [-0.3, -0.25) is 0 Å². The number of ether oxygens (including phenoxy) is 2. The van der Waals surface area contributed by atoms with Crippen LogP contribution in [-0.4, -0.2) is 13.9 Å². The van der Waals surface area contributed by atoms with Gasteiger partial charge < -0.3 is 15.2 Å². The Labute approximate surface area is 84.6 Å². The third-order valence-corrected chi connectivity index (χ3v) is 1.67. The second-order valence-electron chi connectivity index (χ2n) is 2.80. The number of nitrogen functional groups attached to an aromatic ring is 1. The molecule has 2 N–H and O–H groups in total. The molecular weight excluding hydrogens is 211 g/mol. The van der Waals surface area contributed by atoms with Gasteiger partial charge in [0.1, 0.15) is 5.75 Å². The molecule has 84 valence electrons. The molecule has 0 radical (unpaired) electrons.